The Bertz CT molecular complexity index is 462. The van der Waals surface area contributed by atoms with Gasteiger partial charge in [0.05, 0.1) is 11.5 Å². The van der Waals surface area contributed by atoms with Crippen LogP contribution < -0.4 is 0 Å². The maximum Gasteiger partial charge on any atom is 0.150 e. The first-order valence-electron chi connectivity index (χ1n) is 5.47. The summed E-state index contributed by atoms with van der Waals surface area (Å²) in [6, 6.07) is 7.03. The van der Waals surface area contributed by atoms with Crippen LogP contribution in [0, 0.1) is 5.92 Å². The molecule has 1 aromatic carbocycles. The van der Waals surface area contributed by atoms with Crippen LogP contribution in [0.1, 0.15) is 24.8 Å². The molecule has 4 heteroatoms. The Hall–Kier alpha value is -1.03. The van der Waals surface area contributed by atoms with E-state index in [1.807, 2.05) is 12.1 Å². The normalized spacial score (nSPS) is 25.4. The molecule has 0 aliphatic carbocycles. The van der Waals surface area contributed by atoms with Gasteiger partial charge in [0.25, 0.3) is 0 Å². The van der Waals surface area contributed by atoms with Crippen LogP contribution in [0.15, 0.2) is 24.3 Å². The summed E-state index contributed by atoms with van der Waals surface area (Å²) in [6.07, 6.45) is 0.754. The number of rotatable bonds is 2. The third-order valence-corrected chi connectivity index (χ3v) is 5.19. The second kappa shape index (κ2) is 4.09. The summed E-state index contributed by atoms with van der Waals surface area (Å²) in [5.41, 5.74) is 1.10. The minimum atomic E-state index is -2.81. The number of hydrogen-bond donors (Lipinski definition) is 1. The molecule has 0 saturated carbocycles. The van der Waals surface area contributed by atoms with Crippen molar-refractivity contribution in [3.05, 3.63) is 29.8 Å². The molecule has 0 amide bonds. The van der Waals surface area contributed by atoms with Crippen LogP contribution in [0.25, 0.3) is 0 Å². The van der Waals surface area contributed by atoms with Crippen LogP contribution in [0.3, 0.4) is 0 Å². The van der Waals surface area contributed by atoms with Crippen molar-refractivity contribution in [3.63, 3.8) is 0 Å². The molecule has 1 aliphatic heterocycles. The fourth-order valence-corrected chi connectivity index (χ4v) is 4.20. The van der Waals surface area contributed by atoms with Crippen molar-refractivity contribution in [2.75, 3.05) is 11.5 Å². The molecule has 1 aromatic rings. The Morgan fingerprint density at radius 1 is 1.31 bits per heavy atom. The third-order valence-electron chi connectivity index (χ3n) is 3.39. The van der Waals surface area contributed by atoms with Crippen LogP contribution in [0.5, 0.6) is 5.75 Å². The van der Waals surface area contributed by atoms with Gasteiger partial charge < -0.3 is 5.11 Å². The second-order valence-corrected chi connectivity index (χ2v) is 6.77. The summed E-state index contributed by atoms with van der Waals surface area (Å²) in [5, 5.41) is 9.19. The highest BCUT2D eigenvalue weighted by Gasteiger charge is 2.32. The van der Waals surface area contributed by atoms with Crippen LogP contribution in [0.4, 0.5) is 0 Å². The summed E-state index contributed by atoms with van der Waals surface area (Å²) in [5.74, 6) is 1.32. The topological polar surface area (TPSA) is 54.4 Å². The smallest absolute Gasteiger partial charge is 0.150 e. The van der Waals surface area contributed by atoms with Crippen LogP contribution in [0.2, 0.25) is 0 Å². The van der Waals surface area contributed by atoms with Gasteiger partial charge in [-0.2, -0.15) is 0 Å². The van der Waals surface area contributed by atoms with E-state index in [1.165, 1.54) is 0 Å². The fourth-order valence-electron chi connectivity index (χ4n) is 2.27. The van der Waals surface area contributed by atoms with Gasteiger partial charge in [-0.05, 0) is 36.0 Å². The summed E-state index contributed by atoms with van der Waals surface area (Å²) in [6.45, 7) is 2.05. The molecular weight excluding hydrogens is 224 g/mol. The van der Waals surface area contributed by atoms with Gasteiger partial charge in [0, 0.05) is 0 Å². The van der Waals surface area contributed by atoms with Gasteiger partial charge in [-0.15, -0.1) is 0 Å². The van der Waals surface area contributed by atoms with E-state index >= 15 is 0 Å². The quantitative estimate of drug-likeness (QED) is 0.859. The molecule has 3 nitrogen and oxygen atoms in total. The molecule has 0 aromatic heterocycles. The molecule has 0 spiro atoms. The predicted molar refractivity (Wildman–Crippen MR) is 63.3 cm³/mol. The van der Waals surface area contributed by atoms with Gasteiger partial charge in [0.2, 0.25) is 0 Å². The summed E-state index contributed by atoms with van der Waals surface area (Å²) in [4.78, 5) is 0. The first kappa shape index (κ1) is 11.5. The average molecular weight is 240 g/mol. The molecule has 0 bridgehead atoms. The first-order valence-corrected chi connectivity index (χ1v) is 7.29. The molecule has 2 atom stereocenters. The van der Waals surface area contributed by atoms with E-state index in [0.29, 0.717) is 11.5 Å². The second-order valence-electron chi connectivity index (χ2n) is 4.54. The van der Waals surface area contributed by atoms with E-state index in [2.05, 4.69) is 6.92 Å². The van der Waals surface area contributed by atoms with E-state index in [-0.39, 0.29) is 17.6 Å². The lowest BCUT2D eigenvalue weighted by Crippen LogP contribution is -2.11. The zero-order chi connectivity index (χ0) is 11.8. The Labute approximate surface area is 96.0 Å². The van der Waals surface area contributed by atoms with Gasteiger partial charge in [-0.1, -0.05) is 19.1 Å². The SMILES string of the molecule is CC(c1ccc(O)cc1)C1CCS(=O)(=O)C1. The molecule has 88 valence electrons. The van der Waals surface area contributed by atoms with Gasteiger partial charge in [0.1, 0.15) is 5.75 Å². The molecule has 16 heavy (non-hydrogen) atoms. The predicted octanol–water partition coefficient (Wildman–Crippen LogP) is 1.93. The van der Waals surface area contributed by atoms with E-state index in [4.69, 9.17) is 0 Å². The molecule has 1 fully saturated rings. The minimum Gasteiger partial charge on any atom is -0.508 e. The lowest BCUT2D eigenvalue weighted by Gasteiger charge is -2.18. The van der Waals surface area contributed by atoms with Crippen molar-refractivity contribution in [2.24, 2.45) is 5.92 Å². The van der Waals surface area contributed by atoms with Crippen molar-refractivity contribution in [1.82, 2.24) is 0 Å². The number of benzene rings is 1. The van der Waals surface area contributed by atoms with Crippen molar-refractivity contribution >= 4 is 9.84 Å². The fraction of sp³-hybridized carbons (Fsp3) is 0.500. The van der Waals surface area contributed by atoms with Gasteiger partial charge in [0.15, 0.2) is 9.84 Å². The monoisotopic (exact) mass is 240 g/mol. The van der Waals surface area contributed by atoms with E-state index < -0.39 is 9.84 Å². The zero-order valence-corrected chi connectivity index (χ0v) is 10.1. The number of phenolic OH excluding ortho intramolecular Hbond substituents is 1. The van der Waals surface area contributed by atoms with Crippen molar-refractivity contribution < 1.29 is 13.5 Å². The zero-order valence-electron chi connectivity index (χ0n) is 9.26. The highest BCUT2D eigenvalue weighted by Crippen LogP contribution is 2.33. The van der Waals surface area contributed by atoms with E-state index in [1.54, 1.807) is 12.1 Å². The number of hydrogen-bond acceptors (Lipinski definition) is 3. The number of phenols is 1. The lowest BCUT2D eigenvalue weighted by molar-refractivity contribution is 0.472. The van der Waals surface area contributed by atoms with Crippen LogP contribution >= 0.6 is 0 Å². The van der Waals surface area contributed by atoms with Crippen LogP contribution in [-0.4, -0.2) is 25.0 Å². The Kier molecular flexibility index (Phi) is 2.93. The first-order chi connectivity index (χ1) is 7.48. The highest BCUT2D eigenvalue weighted by atomic mass is 32.2. The number of aromatic hydroxyl groups is 1. The van der Waals surface area contributed by atoms with Crippen molar-refractivity contribution in [1.29, 1.82) is 0 Å². The summed E-state index contributed by atoms with van der Waals surface area (Å²) >= 11 is 0. The lowest BCUT2D eigenvalue weighted by atomic mass is 9.87. The molecule has 0 radical (unpaired) electrons. The minimum absolute atomic E-state index is 0.217. The Morgan fingerprint density at radius 2 is 1.94 bits per heavy atom. The molecule has 1 aliphatic rings. The Balaban J connectivity index is 2.14. The molecular formula is C12H16O3S. The Morgan fingerprint density at radius 3 is 2.44 bits per heavy atom. The van der Waals surface area contributed by atoms with E-state index in [9.17, 15) is 13.5 Å². The highest BCUT2D eigenvalue weighted by molar-refractivity contribution is 7.91. The van der Waals surface area contributed by atoms with Crippen molar-refractivity contribution in [2.45, 2.75) is 19.3 Å². The van der Waals surface area contributed by atoms with Gasteiger partial charge in [-0.25, -0.2) is 8.42 Å². The average Bonchev–Trinajstić information content (AvgIpc) is 2.59. The standard InChI is InChI=1S/C12H16O3S/c1-9(10-2-4-12(13)5-3-10)11-6-7-16(14,15)8-11/h2-5,9,11,13H,6-8H2,1H3. The third kappa shape index (κ3) is 2.38. The van der Waals surface area contributed by atoms with Crippen LogP contribution in [-0.2, 0) is 9.84 Å². The van der Waals surface area contributed by atoms with Gasteiger partial charge in [-0.3, -0.25) is 0 Å². The van der Waals surface area contributed by atoms with E-state index in [0.717, 1.165) is 12.0 Å². The van der Waals surface area contributed by atoms with Crippen molar-refractivity contribution in [3.8, 4) is 5.75 Å². The largest absolute Gasteiger partial charge is 0.508 e. The molecule has 1 saturated heterocycles. The molecule has 1 heterocycles. The molecule has 1 N–H and O–H groups in total. The van der Waals surface area contributed by atoms with Gasteiger partial charge >= 0.3 is 0 Å². The summed E-state index contributed by atoms with van der Waals surface area (Å²) in [7, 11) is -2.81. The maximum absolute atomic E-state index is 11.4. The molecule has 2 rings (SSSR count). The number of sulfone groups is 1. The molecule has 2 unspecified atom stereocenters. The maximum atomic E-state index is 11.4. The summed E-state index contributed by atoms with van der Waals surface area (Å²) < 4.78 is 22.8.